The van der Waals surface area contributed by atoms with E-state index in [0.717, 1.165) is 37.8 Å². The molecule has 0 radical (unpaired) electrons. The molecule has 5 nitrogen and oxygen atoms in total. The number of hydrogen-bond acceptors (Lipinski definition) is 3. The number of amides is 1. The molecular weight excluding hydrogens is 417 g/mol. The minimum atomic E-state index is -4.68. The molecule has 1 fully saturated rings. The second kappa shape index (κ2) is 8.77. The van der Waals surface area contributed by atoms with Gasteiger partial charge in [0.05, 0.1) is 16.0 Å². The fraction of sp³-hybridized carbons (Fsp3) is 0.381. The number of hydrogen-bond donors (Lipinski definition) is 1. The summed E-state index contributed by atoms with van der Waals surface area (Å²) in [6.07, 6.45) is -1.17. The van der Waals surface area contributed by atoms with E-state index in [2.05, 4.69) is 5.32 Å². The Morgan fingerprint density at radius 2 is 1.63 bits per heavy atom. The third-order valence-corrected chi connectivity index (χ3v) is 7.15. The van der Waals surface area contributed by atoms with Gasteiger partial charge in [-0.05, 0) is 49.6 Å². The van der Waals surface area contributed by atoms with Crippen LogP contribution >= 0.6 is 0 Å². The van der Waals surface area contributed by atoms with Crippen LogP contribution in [-0.4, -0.2) is 31.7 Å². The van der Waals surface area contributed by atoms with Gasteiger partial charge in [0, 0.05) is 18.8 Å². The van der Waals surface area contributed by atoms with Crippen LogP contribution in [0.1, 0.15) is 47.2 Å². The second-order valence-electron chi connectivity index (χ2n) is 7.30. The predicted molar refractivity (Wildman–Crippen MR) is 108 cm³/mol. The fourth-order valence-electron chi connectivity index (χ4n) is 3.50. The number of nitrogens with one attached hydrogen (secondary N) is 1. The lowest BCUT2D eigenvalue weighted by Gasteiger charge is -2.21. The molecule has 1 aliphatic heterocycles. The number of benzene rings is 2. The van der Waals surface area contributed by atoms with Crippen LogP contribution in [0.15, 0.2) is 47.4 Å². The van der Waals surface area contributed by atoms with Gasteiger partial charge in [-0.25, -0.2) is 8.42 Å². The van der Waals surface area contributed by atoms with Gasteiger partial charge in [0.25, 0.3) is 5.91 Å². The van der Waals surface area contributed by atoms with Crippen LogP contribution in [0, 0.1) is 6.92 Å². The standard InChI is InChI=1S/C21H23F3N2O3S/c1-15-10-11-16(14-19(15)30(28,29)26-12-6-2-3-7-13-26)25-20(27)17-8-4-5-9-18(17)21(22,23)24/h4-5,8-11,14H,2-3,6-7,12-13H2,1H3,(H,25,27). The van der Waals surface area contributed by atoms with Gasteiger partial charge in [0.2, 0.25) is 10.0 Å². The number of rotatable bonds is 4. The highest BCUT2D eigenvalue weighted by atomic mass is 32.2. The predicted octanol–water partition coefficient (Wildman–Crippen LogP) is 4.83. The second-order valence-corrected chi connectivity index (χ2v) is 9.20. The Hall–Kier alpha value is -2.39. The van der Waals surface area contributed by atoms with Gasteiger partial charge in [0.1, 0.15) is 0 Å². The highest BCUT2D eigenvalue weighted by Gasteiger charge is 2.35. The molecule has 0 saturated carbocycles. The Balaban J connectivity index is 1.90. The molecule has 1 N–H and O–H groups in total. The van der Waals surface area contributed by atoms with E-state index in [0.29, 0.717) is 18.7 Å². The first-order valence-corrected chi connectivity index (χ1v) is 11.1. The molecule has 0 bridgehead atoms. The molecule has 1 saturated heterocycles. The van der Waals surface area contributed by atoms with E-state index in [9.17, 15) is 26.4 Å². The van der Waals surface area contributed by atoms with Gasteiger partial charge in [0.15, 0.2) is 0 Å². The molecule has 0 unspecified atom stereocenters. The highest BCUT2D eigenvalue weighted by Crippen LogP contribution is 2.32. The largest absolute Gasteiger partial charge is 0.417 e. The van der Waals surface area contributed by atoms with Gasteiger partial charge in [-0.2, -0.15) is 17.5 Å². The van der Waals surface area contributed by atoms with E-state index in [4.69, 9.17) is 0 Å². The van der Waals surface area contributed by atoms with Crippen LogP contribution in [0.2, 0.25) is 0 Å². The molecule has 0 atom stereocenters. The van der Waals surface area contributed by atoms with E-state index in [1.165, 1.54) is 34.6 Å². The molecule has 0 spiro atoms. The molecule has 9 heteroatoms. The Kier molecular flexibility index (Phi) is 6.52. The lowest BCUT2D eigenvalue weighted by molar-refractivity contribution is -0.137. The van der Waals surface area contributed by atoms with E-state index < -0.39 is 33.2 Å². The lowest BCUT2D eigenvalue weighted by atomic mass is 10.1. The molecule has 2 aromatic rings. The zero-order chi connectivity index (χ0) is 21.9. The lowest BCUT2D eigenvalue weighted by Crippen LogP contribution is -2.32. The van der Waals surface area contributed by atoms with Gasteiger partial charge < -0.3 is 5.32 Å². The van der Waals surface area contributed by atoms with Gasteiger partial charge >= 0.3 is 6.18 Å². The number of nitrogens with zero attached hydrogens (tertiary/aromatic N) is 1. The van der Waals surface area contributed by atoms with Crippen molar-refractivity contribution in [1.29, 1.82) is 0 Å². The smallest absolute Gasteiger partial charge is 0.322 e. The first-order valence-electron chi connectivity index (χ1n) is 9.69. The Morgan fingerprint density at radius 3 is 2.27 bits per heavy atom. The molecule has 0 aromatic heterocycles. The number of halogens is 3. The average Bonchev–Trinajstić information content (AvgIpc) is 2.99. The van der Waals surface area contributed by atoms with Crippen LogP contribution < -0.4 is 5.32 Å². The topological polar surface area (TPSA) is 66.5 Å². The van der Waals surface area contributed by atoms with Crippen molar-refractivity contribution >= 4 is 21.6 Å². The maximum atomic E-state index is 13.2. The first-order chi connectivity index (χ1) is 14.1. The quantitative estimate of drug-likeness (QED) is 0.741. The monoisotopic (exact) mass is 440 g/mol. The SMILES string of the molecule is Cc1ccc(NC(=O)c2ccccc2C(F)(F)F)cc1S(=O)(=O)N1CCCCCC1. The minimum Gasteiger partial charge on any atom is -0.322 e. The Bertz CT molecular complexity index is 1030. The number of aryl methyl sites for hydroxylation is 1. The van der Waals surface area contributed by atoms with Crippen molar-refractivity contribution in [2.75, 3.05) is 18.4 Å². The summed E-state index contributed by atoms with van der Waals surface area (Å²) in [6.45, 7) is 2.50. The maximum absolute atomic E-state index is 13.2. The van der Waals surface area contributed by atoms with E-state index in [1.807, 2.05) is 0 Å². The highest BCUT2D eigenvalue weighted by molar-refractivity contribution is 7.89. The van der Waals surface area contributed by atoms with Gasteiger partial charge in [-0.1, -0.05) is 31.0 Å². The van der Waals surface area contributed by atoms with Crippen molar-refractivity contribution in [1.82, 2.24) is 4.31 Å². The normalized spacial score (nSPS) is 16.1. The summed E-state index contributed by atoms with van der Waals surface area (Å²) in [5.74, 6) is -0.954. The Labute approximate surface area is 173 Å². The summed E-state index contributed by atoms with van der Waals surface area (Å²) in [4.78, 5) is 12.6. The van der Waals surface area contributed by atoms with Crippen LogP contribution in [0.5, 0.6) is 0 Å². The molecule has 3 rings (SSSR count). The molecule has 30 heavy (non-hydrogen) atoms. The minimum absolute atomic E-state index is 0.0475. The number of carbonyl (C=O) groups excluding carboxylic acids is 1. The zero-order valence-electron chi connectivity index (χ0n) is 16.5. The number of anilines is 1. The number of alkyl halides is 3. The molecular formula is C21H23F3N2O3S. The zero-order valence-corrected chi connectivity index (χ0v) is 17.3. The van der Waals surface area contributed by atoms with Crippen molar-refractivity contribution in [3.05, 3.63) is 59.2 Å². The van der Waals surface area contributed by atoms with Crippen molar-refractivity contribution in [2.24, 2.45) is 0 Å². The van der Waals surface area contributed by atoms with Crippen LogP contribution in [0.4, 0.5) is 18.9 Å². The summed E-state index contributed by atoms with van der Waals surface area (Å²) >= 11 is 0. The van der Waals surface area contributed by atoms with Crippen molar-refractivity contribution in [2.45, 2.75) is 43.7 Å². The van der Waals surface area contributed by atoms with E-state index >= 15 is 0 Å². The van der Waals surface area contributed by atoms with Gasteiger partial charge in [-0.3, -0.25) is 4.79 Å². The van der Waals surface area contributed by atoms with Crippen LogP contribution in [0.3, 0.4) is 0 Å². The summed E-state index contributed by atoms with van der Waals surface area (Å²) in [5, 5.41) is 2.40. The van der Waals surface area contributed by atoms with Crippen LogP contribution in [-0.2, 0) is 16.2 Å². The Morgan fingerprint density at radius 1 is 1.00 bits per heavy atom. The number of sulfonamides is 1. The first kappa shape index (κ1) is 22.3. The van der Waals surface area contributed by atoms with E-state index in [1.54, 1.807) is 6.92 Å². The molecule has 162 valence electrons. The molecule has 2 aromatic carbocycles. The third kappa shape index (κ3) is 4.84. The van der Waals surface area contributed by atoms with Crippen LogP contribution in [0.25, 0.3) is 0 Å². The van der Waals surface area contributed by atoms with Crippen molar-refractivity contribution in [3.63, 3.8) is 0 Å². The summed E-state index contributed by atoms with van der Waals surface area (Å²) in [5.41, 5.74) is -0.946. The average molecular weight is 440 g/mol. The molecule has 1 heterocycles. The van der Waals surface area contributed by atoms with Crippen molar-refractivity contribution in [3.8, 4) is 0 Å². The fourth-order valence-corrected chi connectivity index (χ4v) is 5.27. The van der Waals surface area contributed by atoms with Gasteiger partial charge in [-0.15, -0.1) is 0 Å². The van der Waals surface area contributed by atoms with Crippen molar-refractivity contribution < 1.29 is 26.4 Å². The third-order valence-electron chi connectivity index (χ3n) is 5.11. The molecule has 1 amide bonds. The molecule has 0 aliphatic carbocycles. The summed E-state index contributed by atoms with van der Waals surface area (Å²) in [6, 6.07) is 8.79. The number of carbonyl (C=O) groups is 1. The summed E-state index contributed by atoms with van der Waals surface area (Å²) < 4.78 is 67.3. The maximum Gasteiger partial charge on any atom is 0.417 e. The van der Waals surface area contributed by atoms with E-state index in [-0.39, 0.29) is 10.6 Å². The molecule has 1 aliphatic rings. The summed E-state index contributed by atoms with van der Waals surface area (Å²) in [7, 11) is -3.77.